The largest absolute Gasteiger partial charge is 0.467 e. The molecule has 0 aliphatic heterocycles. The first-order valence-corrected chi connectivity index (χ1v) is 9.83. The van der Waals surface area contributed by atoms with Crippen LogP contribution in [0.4, 0.5) is 0 Å². The van der Waals surface area contributed by atoms with Gasteiger partial charge in [-0.1, -0.05) is 17.7 Å². The molecule has 0 radical (unpaired) electrons. The van der Waals surface area contributed by atoms with Gasteiger partial charge in [0.2, 0.25) is 15.9 Å². The minimum atomic E-state index is -3.72. The Hall–Kier alpha value is -1.87. The highest BCUT2D eigenvalue weighted by Crippen LogP contribution is 2.15. The zero-order chi connectivity index (χ0) is 19.0. The molecular formula is C17H21ClN2O5S. The molecule has 1 aromatic heterocycles. The number of hydrogen-bond donors (Lipinski definition) is 1. The van der Waals surface area contributed by atoms with E-state index in [0.29, 0.717) is 30.5 Å². The fraction of sp³-hybridized carbons (Fsp3) is 0.353. The third-order valence-electron chi connectivity index (χ3n) is 3.58. The van der Waals surface area contributed by atoms with Crippen molar-refractivity contribution in [1.82, 2.24) is 9.62 Å². The van der Waals surface area contributed by atoms with Crippen molar-refractivity contribution in [1.29, 1.82) is 0 Å². The molecule has 0 atom stereocenters. The van der Waals surface area contributed by atoms with Crippen molar-refractivity contribution in [2.45, 2.75) is 17.9 Å². The van der Waals surface area contributed by atoms with Crippen molar-refractivity contribution in [3.05, 3.63) is 53.4 Å². The van der Waals surface area contributed by atoms with Crippen LogP contribution < -0.4 is 4.72 Å². The van der Waals surface area contributed by atoms with E-state index in [1.807, 2.05) is 0 Å². The van der Waals surface area contributed by atoms with Gasteiger partial charge < -0.3 is 14.1 Å². The molecule has 0 saturated carbocycles. The van der Waals surface area contributed by atoms with Gasteiger partial charge in [0.25, 0.3) is 0 Å². The summed E-state index contributed by atoms with van der Waals surface area (Å²) >= 11 is 5.82. The Morgan fingerprint density at radius 1 is 1.31 bits per heavy atom. The Kier molecular flexibility index (Phi) is 7.65. The van der Waals surface area contributed by atoms with Gasteiger partial charge in [-0.25, -0.2) is 13.1 Å². The van der Waals surface area contributed by atoms with E-state index in [0.717, 1.165) is 0 Å². The normalized spacial score (nSPS) is 11.5. The zero-order valence-electron chi connectivity index (χ0n) is 14.4. The number of rotatable bonds is 10. The number of methoxy groups -OCH3 is 1. The number of benzene rings is 1. The molecule has 0 unspecified atom stereocenters. The molecule has 1 N–H and O–H groups in total. The van der Waals surface area contributed by atoms with Crippen molar-refractivity contribution in [2.24, 2.45) is 0 Å². The van der Waals surface area contributed by atoms with Crippen LogP contribution in [0, 0.1) is 0 Å². The van der Waals surface area contributed by atoms with Crippen LogP contribution in [-0.4, -0.2) is 46.0 Å². The number of halogens is 1. The van der Waals surface area contributed by atoms with Crippen molar-refractivity contribution in [2.75, 3.05) is 26.8 Å². The molecule has 1 aromatic carbocycles. The van der Waals surface area contributed by atoms with Crippen molar-refractivity contribution in [3.8, 4) is 0 Å². The molecular weight excluding hydrogens is 380 g/mol. The number of sulfonamides is 1. The molecule has 142 valence electrons. The van der Waals surface area contributed by atoms with Crippen molar-refractivity contribution < 1.29 is 22.4 Å². The molecule has 7 nitrogen and oxygen atoms in total. The Balaban J connectivity index is 1.92. The average molecular weight is 401 g/mol. The standard InChI is InChI=1S/C17H21ClN2O5S/c1-24-11-9-20(13-15-5-3-10-25-15)17(21)7-8-19-26(22,23)16-6-2-4-14(18)12-16/h2-6,10,12,19H,7-9,11,13H2,1H3. The van der Waals surface area contributed by atoms with E-state index >= 15 is 0 Å². The lowest BCUT2D eigenvalue weighted by Crippen LogP contribution is -2.36. The lowest BCUT2D eigenvalue weighted by molar-refractivity contribution is -0.132. The number of carbonyl (C=O) groups excluding carboxylic acids is 1. The fourth-order valence-corrected chi connectivity index (χ4v) is 3.58. The van der Waals surface area contributed by atoms with E-state index in [1.54, 1.807) is 36.3 Å². The Morgan fingerprint density at radius 3 is 2.77 bits per heavy atom. The molecule has 1 heterocycles. The third kappa shape index (κ3) is 6.14. The van der Waals surface area contributed by atoms with E-state index in [9.17, 15) is 13.2 Å². The molecule has 0 bridgehead atoms. The molecule has 2 aromatic rings. The number of nitrogens with zero attached hydrogens (tertiary/aromatic N) is 1. The van der Waals surface area contributed by atoms with Crippen molar-refractivity contribution >= 4 is 27.5 Å². The SMILES string of the molecule is COCCN(Cc1ccco1)C(=O)CCNS(=O)(=O)c1cccc(Cl)c1. The van der Waals surface area contributed by atoms with Gasteiger partial charge in [0.05, 0.1) is 24.3 Å². The van der Waals surface area contributed by atoms with E-state index in [1.165, 1.54) is 18.4 Å². The lowest BCUT2D eigenvalue weighted by Gasteiger charge is -2.21. The molecule has 0 fully saturated rings. The summed E-state index contributed by atoms with van der Waals surface area (Å²) in [6.07, 6.45) is 1.55. The van der Waals surface area contributed by atoms with Gasteiger partial charge in [-0.2, -0.15) is 0 Å². The minimum Gasteiger partial charge on any atom is -0.467 e. The summed E-state index contributed by atoms with van der Waals surface area (Å²) in [5.74, 6) is 0.446. The predicted octanol–water partition coefficient (Wildman–Crippen LogP) is 2.28. The first kappa shape index (κ1) is 20.4. The van der Waals surface area contributed by atoms with E-state index in [4.69, 9.17) is 20.8 Å². The molecule has 26 heavy (non-hydrogen) atoms. The van der Waals surface area contributed by atoms with Crippen molar-refractivity contribution in [3.63, 3.8) is 0 Å². The van der Waals surface area contributed by atoms with E-state index in [-0.39, 0.29) is 23.8 Å². The van der Waals surface area contributed by atoms with E-state index in [2.05, 4.69) is 4.72 Å². The highest BCUT2D eigenvalue weighted by atomic mass is 35.5. The summed E-state index contributed by atoms with van der Waals surface area (Å²) in [5.41, 5.74) is 0. The fourth-order valence-electron chi connectivity index (χ4n) is 2.25. The molecule has 0 spiro atoms. The minimum absolute atomic E-state index is 0.0181. The second kappa shape index (κ2) is 9.72. The second-order valence-corrected chi connectivity index (χ2v) is 7.70. The zero-order valence-corrected chi connectivity index (χ0v) is 15.9. The van der Waals surface area contributed by atoms with Crippen LogP contribution in [0.15, 0.2) is 52.0 Å². The molecule has 2 rings (SSSR count). The summed E-state index contributed by atoms with van der Waals surface area (Å²) in [7, 11) is -2.17. The first-order chi connectivity index (χ1) is 12.4. The van der Waals surface area contributed by atoms with E-state index < -0.39 is 10.0 Å². The van der Waals surface area contributed by atoms with Crippen LogP contribution >= 0.6 is 11.6 Å². The maximum atomic E-state index is 12.4. The Bertz CT molecular complexity index is 808. The number of carbonyl (C=O) groups is 1. The molecule has 1 amide bonds. The topological polar surface area (TPSA) is 88.8 Å². The highest BCUT2D eigenvalue weighted by Gasteiger charge is 2.18. The van der Waals surface area contributed by atoms with Crippen LogP contribution in [0.2, 0.25) is 5.02 Å². The van der Waals surface area contributed by atoms with Gasteiger partial charge in [-0.15, -0.1) is 0 Å². The Labute approximate surface area is 157 Å². The molecule has 9 heteroatoms. The number of furan rings is 1. The third-order valence-corrected chi connectivity index (χ3v) is 5.28. The van der Waals surface area contributed by atoms with Crippen LogP contribution in [0.5, 0.6) is 0 Å². The number of nitrogens with one attached hydrogen (secondary N) is 1. The molecule has 0 aliphatic rings. The number of amides is 1. The van der Waals surface area contributed by atoms with Crippen LogP contribution in [0.1, 0.15) is 12.2 Å². The maximum absolute atomic E-state index is 12.4. The highest BCUT2D eigenvalue weighted by molar-refractivity contribution is 7.89. The number of hydrogen-bond acceptors (Lipinski definition) is 5. The quantitative estimate of drug-likeness (QED) is 0.660. The molecule has 0 saturated heterocycles. The Morgan fingerprint density at radius 2 is 2.12 bits per heavy atom. The van der Waals surface area contributed by atoms with Crippen LogP contribution in [0.3, 0.4) is 0 Å². The first-order valence-electron chi connectivity index (χ1n) is 7.96. The number of ether oxygens (including phenoxy) is 1. The second-order valence-electron chi connectivity index (χ2n) is 5.49. The summed E-state index contributed by atoms with van der Waals surface area (Å²) in [4.78, 5) is 14.0. The van der Waals surface area contributed by atoms with Gasteiger partial charge in [-0.05, 0) is 30.3 Å². The maximum Gasteiger partial charge on any atom is 0.240 e. The van der Waals surface area contributed by atoms with Gasteiger partial charge in [-0.3, -0.25) is 4.79 Å². The van der Waals surface area contributed by atoms with Gasteiger partial charge in [0.15, 0.2) is 0 Å². The summed E-state index contributed by atoms with van der Waals surface area (Å²) in [6, 6.07) is 9.46. The summed E-state index contributed by atoms with van der Waals surface area (Å²) in [5, 5.41) is 0.327. The van der Waals surface area contributed by atoms with Gasteiger partial charge in [0.1, 0.15) is 5.76 Å². The van der Waals surface area contributed by atoms with Crippen LogP contribution in [0.25, 0.3) is 0 Å². The monoisotopic (exact) mass is 400 g/mol. The summed E-state index contributed by atoms with van der Waals surface area (Å²) < 4.78 is 37.2. The summed E-state index contributed by atoms with van der Waals surface area (Å²) in [6.45, 7) is 1.04. The lowest BCUT2D eigenvalue weighted by atomic mass is 10.3. The average Bonchev–Trinajstić information content (AvgIpc) is 3.11. The predicted molar refractivity (Wildman–Crippen MR) is 97.3 cm³/mol. The van der Waals surface area contributed by atoms with Gasteiger partial charge >= 0.3 is 0 Å². The van der Waals surface area contributed by atoms with Crippen LogP contribution in [-0.2, 0) is 26.1 Å². The van der Waals surface area contributed by atoms with Gasteiger partial charge in [0, 0.05) is 31.6 Å². The smallest absolute Gasteiger partial charge is 0.240 e. The molecule has 0 aliphatic carbocycles.